The molecule has 0 bridgehead atoms. The first-order valence-corrected chi connectivity index (χ1v) is 14.7. The second-order valence-electron chi connectivity index (χ2n) is 9.86. The van der Waals surface area contributed by atoms with Crippen molar-refractivity contribution in [1.82, 2.24) is 4.72 Å². The molecule has 39 heavy (non-hydrogen) atoms. The third kappa shape index (κ3) is 8.33. The molecule has 3 atom stereocenters. The summed E-state index contributed by atoms with van der Waals surface area (Å²) in [5.74, 6) is -1.21. The first kappa shape index (κ1) is 28.7. The molecule has 0 amide bonds. The minimum absolute atomic E-state index is 0.0266. The summed E-state index contributed by atoms with van der Waals surface area (Å²) >= 11 is 0. The summed E-state index contributed by atoms with van der Waals surface area (Å²) in [4.78, 5) is 10.8. The summed E-state index contributed by atoms with van der Waals surface area (Å²) in [6.45, 7) is 0.700. The van der Waals surface area contributed by atoms with E-state index in [2.05, 4.69) is 41.1 Å². The van der Waals surface area contributed by atoms with Crippen molar-refractivity contribution >= 4 is 16.0 Å². The van der Waals surface area contributed by atoms with Gasteiger partial charge in [0.2, 0.25) is 10.0 Å². The van der Waals surface area contributed by atoms with Crippen LogP contribution in [0.2, 0.25) is 0 Å². The van der Waals surface area contributed by atoms with E-state index in [0.717, 1.165) is 41.7 Å². The predicted octanol–water partition coefficient (Wildman–Crippen LogP) is 6.19. The van der Waals surface area contributed by atoms with Gasteiger partial charge >= 0.3 is 5.97 Å². The van der Waals surface area contributed by atoms with Crippen LogP contribution in [-0.4, -0.2) is 32.1 Å². The van der Waals surface area contributed by atoms with E-state index in [9.17, 15) is 17.6 Å². The van der Waals surface area contributed by atoms with Gasteiger partial charge in [-0.2, -0.15) is 0 Å². The van der Waals surface area contributed by atoms with Gasteiger partial charge < -0.3 is 9.84 Å². The van der Waals surface area contributed by atoms with Crippen molar-refractivity contribution in [3.63, 3.8) is 0 Å². The predicted molar refractivity (Wildman–Crippen MR) is 149 cm³/mol. The van der Waals surface area contributed by atoms with Gasteiger partial charge in [0, 0.05) is 13.0 Å². The van der Waals surface area contributed by atoms with Crippen LogP contribution in [0.15, 0.2) is 95.9 Å². The average Bonchev–Trinajstić information content (AvgIpc) is 3.33. The van der Waals surface area contributed by atoms with E-state index >= 15 is 0 Å². The fourth-order valence-electron chi connectivity index (χ4n) is 5.03. The molecule has 3 aromatic rings. The quantitative estimate of drug-likeness (QED) is 0.247. The van der Waals surface area contributed by atoms with Crippen LogP contribution >= 0.6 is 0 Å². The second kappa shape index (κ2) is 13.6. The zero-order valence-corrected chi connectivity index (χ0v) is 22.5. The van der Waals surface area contributed by atoms with Crippen LogP contribution in [0.1, 0.15) is 37.7 Å². The normalized spacial score (nSPS) is 19.5. The van der Waals surface area contributed by atoms with Crippen LogP contribution in [0.3, 0.4) is 0 Å². The topological polar surface area (TPSA) is 92.7 Å². The molecule has 1 aliphatic rings. The molecule has 0 heterocycles. The van der Waals surface area contributed by atoms with Crippen LogP contribution in [0.25, 0.3) is 11.1 Å². The molecule has 8 heteroatoms. The number of carbonyl (C=O) groups is 1. The molecule has 0 spiro atoms. The SMILES string of the molecule is O=C(O)CCC=CC[C@@H]1[C@@H](CNS(=O)(=O)c2ccc(F)cc2)CC[C@@H]1OCc1ccc(-c2ccccc2)cc1. The van der Waals surface area contributed by atoms with Crippen LogP contribution in [-0.2, 0) is 26.2 Å². The monoisotopic (exact) mass is 551 g/mol. The number of carboxylic acids is 1. The Morgan fingerprint density at radius 2 is 1.64 bits per heavy atom. The van der Waals surface area contributed by atoms with Crippen molar-refractivity contribution in [2.75, 3.05) is 6.54 Å². The highest BCUT2D eigenvalue weighted by Gasteiger charge is 2.36. The Morgan fingerprint density at radius 3 is 2.33 bits per heavy atom. The van der Waals surface area contributed by atoms with Gasteiger partial charge in [0.25, 0.3) is 0 Å². The first-order valence-electron chi connectivity index (χ1n) is 13.2. The van der Waals surface area contributed by atoms with Crippen molar-refractivity contribution in [3.8, 4) is 11.1 Å². The van der Waals surface area contributed by atoms with Crippen molar-refractivity contribution in [2.24, 2.45) is 11.8 Å². The molecule has 0 aromatic heterocycles. The highest BCUT2D eigenvalue weighted by Crippen LogP contribution is 2.37. The Labute approximate surface area is 229 Å². The molecule has 0 unspecified atom stereocenters. The number of sulfonamides is 1. The number of halogens is 1. The smallest absolute Gasteiger partial charge is 0.303 e. The molecule has 3 aromatic carbocycles. The van der Waals surface area contributed by atoms with Crippen LogP contribution in [0, 0.1) is 17.7 Å². The van der Waals surface area contributed by atoms with Crippen molar-refractivity contribution in [3.05, 3.63) is 102 Å². The molecule has 0 aliphatic heterocycles. The third-order valence-electron chi connectivity index (χ3n) is 7.19. The van der Waals surface area contributed by atoms with Gasteiger partial charge in [-0.25, -0.2) is 17.5 Å². The van der Waals surface area contributed by atoms with Crippen LogP contribution < -0.4 is 4.72 Å². The number of ether oxygens (including phenoxy) is 1. The molecular weight excluding hydrogens is 517 g/mol. The number of allylic oxidation sites excluding steroid dienone is 2. The average molecular weight is 552 g/mol. The lowest BCUT2D eigenvalue weighted by atomic mass is 9.91. The lowest BCUT2D eigenvalue weighted by Crippen LogP contribution is -2.33. The second-order valence-corrected chi connectivity index (χ2v) is 11.6. The van der Waals surface area contributed by atoms with E-state index < -0.39 is 21.8 Å². The van der Waals surface area contributed by atoms with Crippen LogP contribution in [0.5, 0.6) is 0 Å². The number of aliphatic carboxylic acids is 1. The summed E-state index contributed by atoms with van der Waals surface area (Å²) in [5.41, 5.74) is 3.35. The molecular formula is C31H34FNO5S. The molecule has 0 radical (unpaired) electrons. The fourth-order valence-corrected chi connectivity index (χ4v) is 6.13. The van der Waals surface area contributed by atoms with Gasteiger partial charge in [-0.3, -0.25) is 4.79 Å². The van der Waals surface area contributed by atoms with Gasteiger partial charge in [0.1, 0.15) is 5.82 Å². The molecule has 1 saturated carbocycles. The highest BCUT2D eigenvalue weighted by molar-refractivity contribution is 7.89. The Morgan fingerprint density at radius 1 is 0.949 bits per heavy atom. The maximum Gasteiger partial charge on any atom is 0.303 e. The van der Waals surface area contributed by atoms with Gasteiger partial charge in [-0.1, -0.05) is 66.7 Å². The summed E-state index contributed by atoms with van der Waals surface area (Å²) in [6, 6.07) is 23.2. The van der Waals surface area contributed by atoms with E-state index in [-0.39, 0.29) is 35.8 Å². The molecule has 206 valence electrons. The van der Waals surface area contributed by atoms with E-state index in [1.165, 1.54) is 12.1 Å². The van der Waals surface area contributed by atoms with Gasteiger partial charge in [0.15, 0.2) is 0 Å². The summed E-state index contributed by atoms with van der Waals surface area (Å²) in [5, 5.41) is 8.88. The number of hydrogen-bond acceptors (Lipinski definition) is 4. The van der Waals surface area contributed by atoms with Crippen molar-refractivity contribution in [1.29, 1.82) is 0 Å². The van der Waals surface area contributed by atoms with E-state index in [0.29, 0.717) is 19.4 Å². The number of carboxylic acid groups (broad SMARTS) is 1. The van der Waals surface area contributed by atoms with Gasteiger partial charge in [-0.05, 0) is 78.5 Å². The van der Waals surface area contributed by atoms with Gasteiger partial charge in [-0.15, -0.1) is 0 Å². The summed E-state index contributed by atoms with van der Waals surface area (Å²) < 4.78 is 47.8. The third-order valence-corrected chi connectivity index (χ3v) is 8.63. The lowest BCUT2D eigenvalue weighted by Gasteiger charge is -2.24. The van der Waals surface area contributed by atoms with E-state index in [1.54, 1.807) is 0 Å². The molecule has 6 nitrogen and oxygen atoms in total. The van der Waals surface area contributed by atoms with Crippen molar-refractivity contribution in [2.45, 2.75) is 49.7 Å². The summed E-state index contributed by atoms with van der Waals surface area (Å²) in [6.07, 6.45) is 6.58. The minimum atomic E-state index is -3.77. The Balaban J connectivity index is 1.38. The summed E-state index contributed by atoms with van der Waals surface area (Å²) in [7, 11) is -3.77. The molecule has 0 saturated heterocycles. The van der Waals surface area contributed by atoms with Crippen molar-refractivity contribution < 1.29 is 27.4 Å². The fraction of sp³-hybridized carbons (Fsp3) is 0.323. The Hall–Kier alpha value is -3.33. The number of nitrogens with one attached hydrogen (secondary N) is 1. The highest BCUT2D eigenvalue weighted by atomic mass is 32.2. The largest absolute Gasteiger partial charge is 0.481 e. The molecule has 1 fully saturated rings. The molecule has 2 N–H and O–H groups in total. The number of rotatable bonds is 13. The maximum absolute atomic E-state index is 13.2. The maximum atomic E-state index is 13.2. The minimum Gasteiger partial charge on any atom is -0.481 e. The Bertz CT molecular complexity index is 1340. The van der Waals surface area contributed by atoms with Gasteiger partial charge in [0.05, 0.1) is 17.6 Å². The lowest BCUT2D eigenvalue weighted by molar-refractivity contribution is -0.136. The van der Waals surface area contributed by atoms with E-state index in [4.69, 9.17) is 9.84 Å². The van der Waals surface area contributed by atoms with E-state index in [1.807, 2.05) is 30.4 Å². The first-order chi connectivity index (χ1) is 18.8. The zero-order chi connectivity index (χ0) is 27.7. The number of hydrogen-bond donors (Lipinski definition) is 2. The zero-order valence-electron chi connectivity index (χ0n) is 21.7. The molecule has 4 rings (SSSR count). The standard InChI is InChI=1S/C31H34FNO5S/c32-27-16-18-28(19-17-27)39(36,37)33-21-26-15-20-30(29(26)9-5-2-6-10-31(34)35)38-22-23-11-13-25(14-12-23)24-7-3-1-4-8-24/h1-5,7-8,11-14,16-19,26,29-30,33H,6,9-10,15,20-22H2,(H,34,35)/t26-,29-,30+/m1/s1. The molecule has 1 aliphatic carbocycles. The number of benzene rings is 3. The van der Waals surface area contributed by atoms with Crippen LogP contribution in [0.4, 0.5) is 4.39 Å². The Kier molecular flexibility index (Phi) is 10.0.